The lowest BCUT2D eigenvalue weighted by Crippen LogP contribution is -2.58. The van der Waals surface area contributed by atoms with Gasteiger partial charge in [-0.25, -0.2) is 0 Å². The van der Waals surface area contributed by atoms with Crippen LogP contribution in [0.1, 0.15) is 40.0 Å². The van der Waals surface area contributed by atoms with E-state index in [0.29, 0.717) is 19.6 Å². The van der Waals surface area contributed by atoms with Crippen LogP contribution in [0.25, 0.3) is 0 Å². The normalized spacial score (nSPS) is 45.4. The predicted molar refractivity (Wildman–Crippen MR) is 64.9 cm³/mol. The van der Waals surface area contributed by atoms with E-state index in [2.05, 4.69) is 13.8 Å². The molecule has 4 nitrogen and oxygen atoms in total. The summed E-state index contributed by atoms with van der Waals surface area (Å²) in [6.45, 7) is 7.49. The number of aliphatic hydroxyl groups excluding tert-OH is 1. The third-order valence-corrected chi connectivity index (χ3v) is 5.67. The summed E-state index contributed by atoms with van der Waals surface area (Å²) >= 11 is 0. The molecule has 0 aromatic heterocycles. The molecular formula is C14H22O4. The van der Waals surface area contributed by atoms with Gasteiger partial charge in [0.2, 0.25) is 0 Å². The predicted octanol–water partition coefficient (Wildman–Crippen LogP) is 1.51. The number of Topliss-reactive ketones (excluding diaryl/α,β-unsaturated/α-hetero) is 1. The molecule has 3 aliphatic rings. The van der Waals surface area contributed by atoms with Gasteiger partial charge in [-0.05, 0) is 18.8 Å². The van der Waals surface area contributed by atoms with Crippen LogP contribution in [-0.4, -0.2) is 36.0 Å². The second kappa shape index (κ2) is 3.56. The Hall–Kier alpha value is -0.450. The van der Waals surface area contributed by atoms with Crippen LogP contribution in [0.5, 0.6) is 0 Å². The van der Waals surface area contributed by atoms with E-state index in [4.69, 9.17) is 9.47 Å². The summed E-state index contributed by atoms with van der Waals surface area (Å²) < 4.78 is 11.8. The Morgan fingerprint density at radius 2 is 1.78 bits per heavy atom. The zero-order valence-corrected chi connectivity index (χ0v) is 11.4. The number of carbonyl (C=O) groups excluding carboxylic acids is 1. The third-order valence-electron chi connectivity index (χ3n) is 5.67. The molecule has 2 saturated carbocycles. The van der Waals surface area contributed by atoms with Crippen molar-refractivity contribution in [2.75, 3.05) is 13.2 Å². The molecule has 0 radical (unpaired) electrons. The van der Waals surface area contributed by atoms with Gasteiger partial charge in [0.05, 0.1) is 13.2 Å². The van der Waals surface area contributed by atoms with E-state index < -0.39 is 17.3 Å². The van der Waals surface area contributed by atoms with E-state index in [1.165, 1.54) is 0 Å². The van der Waals surface area contributed by atoms with Gasteiger partial charge in [-0.15, -0.1) is 0 Å². The SMILES string of the molecule is CC1(C)[C@H]2CC(O)C(=O)[C@@]2(C)CCC12OCCO2. The Balaban J connectivity index is 2.01. The summed E-state index contributed by atoms with van der Waals surface area (Å²) in [6.07, 6.45) is 1.22. The minimum atomic E-state index is -0.809. The number of aliphatic hydroxyl groups is 1. The van der Waals surface area contributed by atoms with Crippen LogP contribution in [0.3, 0.4) is 0 Å². The molecular weight excluding hydrogens is 232 g/mol. The smallest absolute Gasteiger partial charge is 0.173 e. The first kappa shape index (κ1) is 12.6. The van der Waals surface area contributed by atoms with Crippen molar-refractivity contribution in [3.8, 4) is 0 Å². The van der Waals surface area contributed by atoms with Crippen molar-refractivity contribution in [2.24, 2.45) is 16.7 Å². The molecule has 0 bridgehead atoms. The largest absolute Gasteiger partial charge is 0.385 e. The van der Waals surface area contributed by atoms with Crippen LogP contribution in [0.15, 0.2) is 0 Å². The molecule has 18 heavy (non-hydrogen) atoms. The molecule has 1 N–H and O–H groups in total. The first-order valence-corrected chi connectivity index (χ1v) is 6.84. The molecule has 3 rings (SSSR count). The van der Waals surface area contributed by atoms with Crippen LogP contribution in [0.2, 0.25) is 0 Å². The molecule has 3 fully saturated rings. The van der Waals surface area contributed by atoms with Gasteiger partial charge in [-0.1, -0.05) is 20.8 Å². The van der Waals surface area contributed by atoms with Gasteiger partial charge in [-0.2, -0.15) is 0 Å². The van der Waals surface area contributed by atoms with Crippen molar-refractivity contribution in [1.82, 2.24) is 0 Å². The molecule has 0 aromatic rings. The average Bonchev–Trinajstić information content (AvgIpc) is 2.87. The van der Waals surface area contributed by atoms with Gasteiger partial charge < -0.3 is 14.6 Å². The van der Waals surface area contributed by atoms with Crippen LogP contribution < -0.4 is 0 Å². The standard InChI is InChI=1S/C14H22O4/c1-12(2)10-8-9(15)11(16)13(10,3)4-5-14(12)17-6-7-18-14/h9-10,15H,4-8H2,1-3H3/t9?,10-,13+/m1/s1. The third kappa shape index (κ3) is 1.29. The minimum absolute atomic E-state index is 0.00780. The highest BCUT2D eigenvalue weighted by molar-refractivity contribution is 5.91. The maximum Gasteiger partial charge on any atom is 0.173 e. The molecule has 1 spiro atoms. The highest BCUT2D eigenvalue weighted by Gasteiger charge is 2.67. The van der Waals surface area contributed by atoms with Crippen molar-refractivity contribution in [3.63, 3.8) is 0 Å². The Morgan fingerprint density at radius 3 is 2.39 bits per heavy atom. The number of fused-ring (bicyclic) bond motifs is 1. The van der Waals surface area contributed by atoms with Gasteiger partial charge in [0.15, 0.2) is 11.6 Å². The maximum atomic E-state index is 12.2. The van der Waals surface area contributed by atoms with Gasteiger partial charge in [0.1, 0.15) is 6.10 Å². The molecule has 2 aliphatic carbocycles. The first-order valence-electron chi connectivity index (χ1n) is 6.84. The van der Waals surface area contributed by atoms with E-state index in [0.717, 1.165) is 12.8 Å². The Bertz CT molecular complexity index is 383. The molecule has 0 aromatic carbocycles. The molecule has 3 atom stereocenters. The van der Waals surface area contributed by atoms with E-state index in [1.54, 1.807) is 0 Å². The average molecular weight is 254 g/mol. The fraction of sp³-hybridized carbons (Fsp3) is 0.929. The molecule has 1 heterocycles. The number of carbonyl (C=O) groups is 1. The van der Waals surface area contributed by atoms with E-state index in [9.17, 15) is 9.90 Å². The van der Waals surface area contributed by atoms with Crippen LogP contribution >= 0.6 is 0 Å². The number of hydrogen-bond acceptors (Lipinski definition) is 4. The van der Waals surface area contributed by atoms with Gasteiger partial charge >= 0.3 is 0 Å². The zero-order valence-electron chi connectivity index (χ0n) is 11.4. The summed E-state index contributed by atoms with van der Waals surface area (Å²) in [6, 6.07) is 0. The minimum Gasteiger partial charge on any atom is -0.385 e. The Kier molecular flexibility index (Phi) is 2.48. The number of rotatable bonds is 0. The van der Waals surface area contributed by atoms with Crippen LogP contribution in [-0.2, 0) is 14.3 Å². The topological polar surface area (TPSA) is 55.8 Å². The monoisotopic (exact) mass is 254 g/mol. The Labute approximate surface area is 108 Å². The highest BCUT2D eigenvalue weighted by atomic mass is 16.7. The fourth-order valence-corrected chi connectivity index (χ4v) is 4.51. The van der Waals surface area contributed by atoms with Crippen molar-refractivity contribution in [1.29, 1.82) is 0 Å². The maximum absolute atomic E-state index is 12.2. The first-order chi connectivity index (χ1) is 8.33. The van der Waals surface area contributed by atoms with Crippen LogP contribution in [0, 0.1) is 16.7 Å². The summed E-state index contributed by atoms with van der Waals surface area (Å²) in [4.78, 5) is 12.2. The lowest BCUT2D eigenvalue weighted by Gasteiger charge is -2.55. The molecule has 102 valence electrons. The number of hydrogen-bond donors (Lipinski definition) is 1. The second-order valence-electron chi connectivity index (χ2n) is 6.76. The number of ether oxygens (including phenoxy) is 2. The van der Waals surface area contributed by atoms with Crippen molar-refractivity contribution in [3.05, 3.63) is 0 Å². The van der Waals surface area contributed by atoms with Crippen LogP contribution in [0.4, 0.5) is 0 Å². The van der Waals surface area contributed by atoms with Crippen molar-refractivity contribution >= 4 is 5.78 Å². The highest BCUT2D eigenvalue weighted by Crippen LogP contribution is 2.63. The van der Waals surface area contributed by atoms with E-state index >= 15 is 0 Å². The fourth-order valence-electron chi connectivity index (χ4n) is 4.51. The molecule has 1 saturated heterocycles. The molecule has 1 unspecified atom stereocenters. The molecule has 1 aliphatic heterocycles. The lowest BCUT2D eigenvalue weighted by atomic mass is 9.55. The van der Waals surface area contributed by atoms with E-state index in [-0.39, 0.29) is 17.1 Å². The summed E-state index contributed by atoms with van der Waals surface area (Å²) in [7, 11) is 0. The van der Waals surface area contributed by atoms with Crippen molar-refractivity contribution in [2.45, 2.75) is 51.9 Å². The number of ketones is 1. The van der Waals surface area contributed by atoms with Crippen molar-refractivity contribution < 1.29 is 19.4 Å². The van der Waals surface area contributed by atoms with Gasteiger partial charge in [0.25, 0.3) is 0 Å². The summed E-state index contributed by atoms with van der Waals surface area (Å²) in [5.74, 6) is -0.422. The van der Waals surface area contributed by atoms with Gasteiger partial charge in [0, 0.05) is 17.3 Å². The summed E-state index contributed by atoms with van der Waals surface area (Å²) in [5.41, 5.74) is -0.660. The zero-order chi connectivity index (χ0) is 13.2. The Morgan fingerprint density at radius 1 is 1.17 bits per heavy atom. The van der Waals surface area contributed by atoms with E-state index in [1.807, 2.05) is 6.92 Å². The second-order valence-corrected chi connectivity index (χ2v) is 6.76. The quantitative estimate of drug-likeness (QED) is 0.712. The molecule has 0 amide bonds. The lowest BCUT2D eigenvalue weighted by molar-refractivity contribution is -0.276. The molecule has 4 heteroatoms. The van der Waals surface area contributed by atoms with Gasteiger partial charge in [-0.3, -0.25) is 4.79 Å². The summed E-state index contributed by atoms with van der Waals surface area (Å²) in [5, 5.41) is 9.93.